The largest absolute Gasteiger partial charge is 0.385 e. The van der Waals surface area contributed by atoms with Gasteiger partial charge in [-0.05, 0) is 19.9 Å². The van der Waals surface area contributed by atoms with Crippen LogP contribution in [0.1, 0.15) is 54.7 Å². The van der Waals surface area contributed by atoms with Crippen molar-refractivity contribution in [2.75, 3.05) is 25.1 Å². The van der Waals surface area contributed by atoms with E-state index in [4.69, 9.17) is 4.74 Å². The highest BCUT2D eigenvalue weighted by Crippen LogP contribution is 2.40. The highest BCUT2D eigenvalue weighted by Gasteiger charge is 2.37. The van der Waals surface area contributed by atoms with Crippen molar-refractivity contribution in [3.63, 3.8) is 0 Å². The molecule has 0 radical (unpaired) electrons. The number of fused-ring (bicyclic) bond motifs is 3. The monoisotopic (exact) mass is 473 g/mol. The van der Waals surface area contributed by atoms with Gasteiger partial charge in [-0.1, -0.05) is 18.2 Å². The predicted octanol–water partition coefficient (Wildman–Crippen LogP) is 3.85. The van der Waals surface area contributed by atoms with Crippen molar-refractivity contribution >= 4 is 5.82 Å². The summed E-state index contributed by atoms with van der Waals surface area (Å²) < 4.78 is 48.7. The average molecular weight is 473 g/mol. The summed E-state index contributed by atoms with van der Waals surface area (Å²) in [7, 11) is 0. The van der Waals surface area contributed by atoms with Gasteiger partial charge in [0.25, 0.3) is 6.43 Å². The molecule has 0 spiro atoms. The Morgan fingerprint density at radius 1 is 1.21 bits per heavy atom. The molecule has 0 aromatic heterocycles. The maximum atomic E-state index is 14.8. The lowest BCUT2D eigenvalue weighted by molar-refractivity contribution is -0.0676. The summed E-state index contributed by atoms with van der Waals surface area (Å²) in [6.07, 6.45) is -2.01. The fraction of sp³-hybridized carbons (Fsp3) is 0.458. The van der Waals surface area contributed by atoms with Crippen LogP contribution >= 0.6 is 0 Å². The molecule has 4 aliphatic heterocycles. The van der Waals surface area contributed by atoms with E-state index in [0.29, 0.717) is 61.8 Å². The molecule has 0 bridgehead atoms. The van der Waals surface area contributed by atoms with Gasteiger partial charge in [-0.15, -0.1) is 0 Å². The van der Waals surface area contributed by atoms with Crippen LogP contribution in [0.2, 0.25) is 0 Å². The number of halogens is 3. The molecule has 1 saturated heterocycles. The lowest BCUT2D eigenvalue weighted by Gasteiger charge is -2.34. The second-order valence-electron chi connectivity index (χ2n) is 8.82. The topological polar surface area (TPSA) is 84.6 Å². The molecular formula is C24H26F3N5O2. The third-order valence-electron chi connectivity index (χ3n) is 6.60. The molecule has 1 aromatic rings. The van der Waals surface area contributed by atoms with E-state index in [0.717, 1.165) is 17.4 Å². The molecular weight excluding hydrogens is 447 g/mol. The number of aryl methyl sites for hydroxylation is 1. The van der Waals surface area contributed by atoms with Gasteiger partial charge in [-0.2, -0.15) is 0 Å². The number of aromatic nitrogens is 3. The Morgan fingerprint density at radius 2 is 1.94 bits per heavy atom. The molecule has 2 N–H and O–H groups in total. The van der Waals surface area contributed by atoms with Crippen molar-refractivity contribution in [2.45, 2.75) is 51.3 Å². The molecule has 1 fully saturated rings. The summed E-state index contributed by atoms with van der Waals surface area (Å²) in [6, 6.07) is 5.03. The number of pyridine rings is 1. The van der Waals surface area contributed by atoms with Crippen LogP contribution in [0.25, 0.3) is 11.4 Å². The quantitative estimate of drug-likeness (QED) is 0.601. The van der Waals surface area contributed by atoms with Crippen LogP contribution < -0.4 is 10.8 Å². The zero-order valence-corrected chi connectivity index (χ0v) is 19.0. The van der Waals surface area contributed by atoms with Gasteiger partial charge in [0.2, 0.25) is 0 Å². The minimum absolute atomic E-state index is 0.0703. The predicted molar refractivity (Wildman–Crippen MR) is 119 cm³/mol. The van der Waals surface area contributed by atoms with Crippen LogP contribution in [-0.2, 0) is 16.9 Å². The van der Waals surface area contributed by atoms with Gasteiger partial charge in [0.15, 0.2) is 5.49 Å². The lowest BCUT2D eigenvalue weighted by atomic mass is 9.85. The lowest BCUT2D eigenvalue weighted by Crippen LogP contribution is -2.35. The first kappa shape index (κ1) is 22.8. The number of ether oxygens (including phenoxy) is 1. The minimum Gasteiger partial charge on any atom is -0.385 e. The number of anilines is 1. The number of rotatable bonds is 4. The Bertz CT molecular complexity index is 1270. The maximum Gasteiger partial charge on any atom is 0.266 e. The van der Waals surface area contributed by atoms with Crippen molar-refractivity contribution in [3.05, 3.63) is 58.1 Å². The SMILES string of the molecule is Cc1nc2n3c(c(C4(O)CCOCC4)cc-2c(=N[C@H](C)c2cccc(C(F)F)c2F)n1)NCC3. The third kappa shape index (κ3) is 3.84. The number of alkyl halides is 2. The zero-order valence-electron chi connectivity index (χ0n) is 19.0. The van der Waals surface area contributed by atoms with Crippen molar-refractivity contribution in [1.82, 2.24) is 14.5 Å². The molecule has 0 saturated carbocycles. The summed E-state index contributed by atoms with van der Waals surface area (Å²) in [4.78, 5) is 13.8. The molecule has 5 rings (SSSR count). The Balaban J connectivity index is 1.70. The van der Waals surface area contributed by atoms with Gasteiger partial charge in [-0.3, -0.25) is 4.99 Å². The van der Waals surface area contributed by atoms with E-state index in [-0.39, 0.29) is 5.56 Å². The van der Waals surface area contributed by atoms with Crippen LogP contribution in [0.5, 0.6) is 0 Å². The Labute approximate surface area is 194 Å². The van der Waals surface area contributed by atoms with Gasteiger partial charge in [-0.25, -0.2) is 23.1 Å². The van der Waals surface area contributed by atoms with Crippen LogP contribution in [0.15, 0.2) is 29.3 Å². The molecule has 1 aromatic carbocycles. The summed E-state index contributed by atoms with van der Waals surface area (Å²) in [5, 5.41) is 14.8. The first-order valence-corrected chi connectivity index (χ1v) is 11.4. The first-order chi connectivity index (χ1) is 16.3. The number of hydrogen-bond acceptors (Lipinski definition) is 6. The third-order valence-corrected chi connectivity index (χ3v) is 6.60. The number of aliphatic hydroxyl groups is 1. The summed E-state index contributed by atoms with van der Waals surface area (Å²) in [6.45, 7) is 5.64. The van der Waals surface area contributed by atoms with Gasteiger partial charge in [0.05, 0.1) is 22.8 Å². The smallest absolute Gasteiger partial charge is 0.266 e. The van der Waals surface area contributed by atoms with Gasteiger partial charge in [0, 0.05) is 50.3 Å². The molecule has 1 atom stereocenters. The molecule has 10 heteroatoms. The van der Waals surface area contributed by atoms with E-state index in [1.54, 1.807) is 13.8 Å². The second kappa shape index (κ2) is 8.66. The van der Waals surface area contributed by atoms with E-state index in [2.05, 4.69) is 20.3 Å². The molecule has 0 aliphatic carbocycles. The van der Waals surface area contributed by atoms with E-state index < -0.39 is 29.4 Å². The molecule has 4 aliphatic rings. The number of hydrogen-bond donors (Lipinski definition) is 2. The molecule has 0 amide bonds. The first-order valence-electron chi connectivity index (χ1n) is 11.4. The average Bonchev–Trinajstić information content (AvgIpc) is 3.29. The van der Waals surface area contributed by atoms with Crippen LogP contribution in [0.3, 0.4) is 0 Å². The van der Waals surface area contributed by atoms with Crippen molar-refractivity contribution in [1.29, 1.82) is 0 Å². The van der Waals surface area contributed by atoms with Crippen molar-refractivity contribution < 1.29 is 23.0 Å². The van der Waals surface area contributed by atoms with E-state index in [1.807, 2.05) is 10.6 Å². The van der Waals surface area contributed by atoms with Gasteiger partial charge in [0.1, 0.15) is 23.3 Å². The van der Waals surface area contributed by atoms with Crippen LogP contribution in [0, 0.1) is 12.7 Å². The fourth-order valence-electron chi connectivity index (χ4n) is 4.79. The summed E-state index contributed by atoms with van der Waals surface area (Å²) >= 11 is 0. The molecule has 34 heavy (non-hydrogen) atoms. The van der Waals surface area contributed by atoms with Crippen LogP contribution in [0.4, 0.5) is 19.0 Å². The van der Waals surface area contributed by atoms with E-state index in [9.17, 15) is 18.3 Å². The molecule has 4 heterocycles. The van der Waals surface area contributed by atoms with E-state index in [1.165, 1.54) is 12.1 Å². The Kier molecular flexibility index (Phi) is 5.81. The minimum atomic E-state index is -2.91. The van der Waals surface area contributed by atoms with Crippen LogP contribution in [-0.4, -0.2) is 39.4 Å². The van der Waals surface area contributed by atoms with Crippen molar-refractivity contribution in [2.24, 2.45) is 4.99 Å². The standard InChI is InChI=1S/C24H26F3N5O2/c1-13(15-4-3-5-16(19(15)25)20(26)27)29-21-17-12-18(24(33)6-10-34-11-7-24)23-28-8-9-32(23)22(17)31-14(2)30-21/h3-5,12-13,20,28,33H,6-11H2,1-2H3/t13-/m1/s1. The molecule has 0 unspecified atom stereocenters. The highest BCUT2D eigenvalue weighted by atomic mass is 19.3. The fourth-order valence-corrected chi connectivity index (χ4v) is 4.79. The highest BCUT2D eigenvalue weighted by molar-refractivity contribution is 5.67. The second-order valence-corrected chi connectivity index (χ2v) is 8.82. The summed E-state index contributed by atoms with van der Waals surface area (Å²) in [5.74, 6) is 0.990. The number of benzene rings is 1. The molecule has 7 nitrogen and oxygen atoms in total. The maximum absolute atomic E-state index is 14.8. The Hall–Kier alpha value is -2.98. The van der Waals surface area contributed by atoms with E-state index >= 15 is 0 Å². The summed E-state index contributed by atoms with van der Waals surface area (Å²) in [5.41, 5.74) is 0.0175. The normalized spacial score (nSPS) is 18.9. The Morgan fingerprint density at radius 3 is 2.68 bits per heavy atom. The van der Waals surface area contributed by atoms with Crippen molar-refractivity contribution in [3.8, 4) is 11.4 Å². The zero-order chi connectivity index (χ0) is 24.0. The van der Waals surface area contributed by atoms with Gasteiger partial charge < -0.3 is 19.7 Å². The number of nitrogens with one attached hydrogen (secondary N) is 1. The molecule has 180 valence electrons. The number of nitrogens with zero attached hydrogens (tertiary/aromatic N) is 4. The van der Waals surface area contributed by atoms with Gasteiger partial charge >= 0.3 is 0 Å².